The Hall–Kier alpha value is -2.15. The molecule has 0 saturated carbocycles. The van der Waals surface area contributed by atoms with Crippen LogP contribution >= 0.6 is 0 Å². The Bertz CT molecular complexity index is 716. The van der Waals surface area contributed by atoms with Crippen molar-refractivity contribution in [2.45, 2.75) is 46.1 Å². The van der Waals surface area contributed by atoms with Crippen molar-refractivity contribution in [3.63, 3.8) is 0 Å². The highest BCUT2D eigenvalue weighted by Gasteiger charge is 2.20. The number of halogens is 2. The molecule has 2 heterocycles. The van der Waals surface area contributed by atoms with E-state index in [0.29, 0.717) is 17.1 Å². The third-order valence-electron chi connectivity index (χ3n) is 3.56. The molecule has 1 atom stereocenters. The van der Waals surface area contributed by atoms with Crippen LogP contribution in [0.15, 0.2) is 24.5 Å². The maximum absolute atomic E-state index is 13.4. The molecule has 0 radical (unpaired) electrons. The Kier molecular flexibility index (Phi) is 6.00. The zero-order valence-corrected chi connectivity index (χ0v) is 15.0. The number of alkyl halides is 2. The Balaban J connectivity index is 2.19. The van der Waals surface area contributed by atoms with Crippen molar-refractivity contribution in [1.82, 2.24) is 15.0 Å². The van der Waals surface area contributed by atoms with E-state index in [1.54, 1.807) is 19.2 Å². The minimum absolute atomic E-state index is 0.0498. The van der Waals surface area contributed by atoms with E-state index >= 15 is 0 Å². The van der Waals surface area contributed by atoms with Crippen molar-refractivity contribution in [2.75, 3.05) is 6.61 Å². The first kappa shape index (κ1) is 19.2. The number of ether oxygens (including phenoxy) is 1. The lowest BCUT2D eigenvalue weighted by Gasteiger charge is -2.23. The quantitative estimate of drug-likeness (QED) is 0.819. The van der Waals surface area contributed by atoms with Gasteiger partial charge in [-0.1, -0.05) is 6.92 Å². The predicted molar refractivity (Wildman–Crippen MR) is 92.5 cm³/mol. The molecule has 7 heteroatoms. The highest BCUT2D eigenvalue weighted by molar-refractivity contribution is 5.59. The molecule has 0 aliphatic heterocycles. The predicted octanol–water partition coefficient (Wildman–Crippen LogP) is 3.93. The number of nitrogens with zero attached hydrogens (tertiary/aromatic N) is 3. The summed E-state index contributed by atoms with van der Waals surface area (Å²) in [6.07, 6.45) is 1.10. The monoisotopic (exact) mass is 350 g/mol. The number of aromatic nitrogens is 3. The van der Waals surface area contributed by atoms with Gasteiger partial charge in [0.15, 0.2) is 0 Å². The minimum atomic E-state index is -2.69. The van der Waals surface area contributed by atoms with Gasteiger partial charge < -0.3 is 10.5 Å². The van der Waals surface area contributed by atoms with Gasteiger partial charge in [-0.25, -0.2) is 23.7 Å². The molecule has 2 aromatic rings. The van der Waals surface area contributed by atoms with Crippen LogP contribution in [-0.4, -0.2) is 27.1 Å². The van der Waals surface area contributed by atoms with Crippen LogP contribution in [0.4, 0.5) is 8.78 Å². The van der Waals surface area contributed by atoms with Crippen molar-refractivity contribution >= 4 is 0 Å². The average Bonchev–Trinajstić information content (AvgIpc) is 2.51. The average molecular weight is 350 g/mol. The molecule has 0 saturated heterocycles. The standard InChI is InChI=1S/C18H24F2N4O/c1-11(8-18(3,4)21)10-25-17-14(16(19)20)7-13(9-23-17)15-5-6-22-12(2)24-15/h5-7,9,11,16H,8,10,21H2,1-4H3/t11-/m0/s1. The van der Waals surface area contributed by atoms with Gasteiger partial charge in [0, 0.05) is 23.5 Å². The molecular weight excluding hydrogens is 326 g/mol. The second kappa shape index (κ2) is 7.82. The van der Waals surface area contributed by atoms with Crippen molar-refractivity contribution in [3.8, 4) is 17.1 Å². The summed E-state index contributed by atoms with van der Waals surface area (Å²) in [7, 11) is 0. The molecule has 0 spiro atoms. The maximum Gasteiger partial charge on any atom is 0.269 e. The molecule has 0 bridgehead atoms. The summed E-state index contributed by atoms with van der Waals surface area (Å²) >= 11 is 0. The van der Waals surface area contributed by atoms with E-state index in [0.717, 1.165) is 6.42 Å². The van der Waals surface area contributed by atoms with Gasteiger partial charge >= 0.3 is 0 Å². The molecule has 0 unspecified atom stereocenters. The minimum Gasteiger partial charge on any atom is -0.477 e. The highest BCUT2D eigenvalue weighted by Crippen LogP contribution is 2.31. The topological polar surface area (TPSA) is 73.9 Å². The molecule has 0 aliphatic rings. The van der Waals surface area contributed by atoms with Gasteiger partial charge in [0.05, 0.1) is 17.9 Å². The molecule has 0 fully saturated rings. The fraction of sp³-hybridized carbons (Fsp3) is 0.500. The Morgan fingerprint density at radius 2 is 2.00 bits per heavy atom. The molecule has 0 aliphatic carbocycles. The molecule has 0 aromatic carbocycles. The number of hydrogen-bond donors (Lipinski definition) is 1. The number of hydrogen-bond acceptors (Lipinski definition) is 5. The van der Waals surface area contributed by atoms with Crippen LogP contribution in [0.2, 0.25) is 0 Å². The largest absolute Gasteiger partial charge is 0.477 e. The highest BCUT2D eigenvalue weighted by atomic mass is 19.3. The fourth-order valence-corrected chi connectivity index (χ4v) is 2.68. The van der Waals surface area contributed by atoms with Gasteiger partial charge in [-0.05, 0) is 45.2 Å². The van der Waals surface area contributed by atoms with Gasteiger partial charge in [0.25, 0.3) is 6.43 Å². The summed E-state index contributed by atoms with van der Waals surface area (Å²) in [5.41, 5.74) is 6.45. The Morgan fingerprint density at radius 1 is 1.28 bits per heavy atom. The molecular formula is C18H24F2N4O. The first-order chi connectivity index (χ1) is 11.7. The van der Waals surface area contributed by atoms with Crippen molar-refractivity contribution in [1.29, 1.82) is 0 Å². The second-order valence-corrected chi connectivity index (χ2v) is 7.02. The smallest absolute Gasteiger partial charge is 0.269 e. The molecule has 2 N–H and O–H groups in total. The summed E-state index contributed by atoms with van der Waals surface area (Å²) in [5, 5.41) is 0. The van der Waals surface area contributed by atoms with Crippen molar-refractivity contribution in [2.24, 2.45) is 11.7 Å². The lowest BCUT2D eigenvalue weighted by molar-refractivity contribution is 0.140. The number of nitrogens with two attached hydrogens (primary N) is 1. The fourth-order valence-electron chi connectivity index (χ4n) is 2.68. The summed E-state index contributed by atoms with van der Waals surface area (Å²) < 4.78 is 32.4. The number of aryl methyl sites for hydroxylation is 1. The van der Waals surface area contributed by atoms with Gasteiger partial charge in [-0.15, -0.1) is 0 Å². The normalized spacial score (nSPS) is 13.1. The van der Waals surface area contributed by atoms with E-state index in [2.05, 4.69) is 15.0 Å². The van der Waals surface area contributed by atoms with E-state index in [-0.39, 0.29) is 29.5 Å². The molecule has 0 amide bonds. The second-order valence-electron chi connectivity index (χ2n) is 7.02. The van der Waals surface area contributed by atoms with Crippen molar-refractivity contribution < 1.29 is 13.5 Å². The Morgan fingerprint density at radius 3 is 2.60 bits per heavy atom. The molecule has 2 rings (SSSR count). The lowest BCUT2D eigenvalue weighted by atomic mass is 9.93. The van der Waals surface area contributed by atoms with Crippen LogP contribution in [-0.2, 0) is 0 Å². The summed E-state index contributed by atoms with van der Waals surface area (Å²) in [5.74, 6) is 0.636. The molecule has 25 heavy (non-hydrogen) atoms. The maximum atomic E-state index is 13.4. The molecule has 2 aromatic heterocycles. The van der Waals surface area contributed by atoms with Crippen LogP contribution in [0.25, 0.3) is 11.3 Å². The van der Waals surface area contributed by atoms with Crippen molar-refractivity contribution in [3.05, 3.63) is 35.9 Å². The van der Waals surface area contributed by atoms with Crippen LogP contribution in [0, 0.1) is 12.8 Å². The number of pyridine rings is 1. The van der Waals surface area contributed by atoms with Gasteiger partial charge in [-0.2, -0.15) is 0 Å². The molecule has 5 nitrogen and oxygen atoms in total. The first-order valence-electron chi connectivity index (χ1n) is 8.15. The molecule has 136 valence electrons. The van der Waals surface area contributed by atoms with E-state index in [9.17, 15) is 8.78 Å². The third kappa shape index (κ3) is 5.70. The number of rotatable bonds is 7. The van der Waals surface area contributed by atoms with Gasteiger partial charge in [-0.3, -0.25) is 0 Å². The van der Waals surface area contributed by atoms with Gasteiger partial charge in [0.1, 0.15) is 5.82 Å². The van der Waals surface area contributed by atoms with E-state index in [1.165, 1.54) is 12.3 Å². The van der Waals surface area contributed by atoms with Gasteiger partial charge in [0.2, 0.25) is 5.88 Å². The van der Waals surface area contributed by atoms with Crippen LogP contribution in [0.3, 0.4) is 0 Å². The third-order valence-corrected chi connectivity index (χ3v) is 3.56. The SMILES string of the molecule is Cc1nccc(-c2cnc(OC[C@@H](C)CC(C)(C)N)c(C(F)F)c2)n1. The van der Waals surface area contributed by atoms with E-state index in [4.69, 9.17) is 10.5 Å². The van der Waals surface area contributed by atoms with Crippen LogP contribution in [0.5, 0.6) is 5.88 Å². The van der Waals surface area contributed by atoms with E-state index < -0.39 is 6.43 Å². The van der Waals surface area contributed by atoms with Crippen LogP contribution in [0.1, 0.15) is 45.0 Å². The Labute approximate surface area is 146 Å². The zero-order valence-electron chi connectivity index (χ0n) is 15.0. The summed E-state index contributed by atoms with van der Waals surface area (Å²) in [4.78, 5) is 12.3. The van der Waals surface area contributed by atoms with Crippen LogP contribution < -0.4 is 10.5 Å². The van der Waals surface area contributed by atoms with E-state index in [1.807, 2.05) is 20.8 Å². The summed E-state index contributed by atoms with van der Waals surface area (Å²) in [6.45, 7) is 7.83. The summed E-state index contributed by atoms with van der Waals surface area (Å²) in [6, 6.07) is 3.03. The lowest BCUT2D eigenvalue weighted by Crippen LogP contribution is -2.35. The first-order valence-corrected chi connectivity index (χ1v) is 8.15. The zero-order chi connectivity index (χ0) is 18.6.